The molecule has 1 aliphatic rings. The molecule has 3 heteroatoms. The predicted molar refractivity (Wildman–Crippen MR) is 70.5 cm³/mol. The number of nitrogens with two attached hydrogens (primary N) is 1. The molecular formula is C14H23N3. The SMILES string of the molecule is CN(Cc1ccccn1)CC1CCCC1CN. The normalized spacial score (nSPS) is 24.4. The lowest BCUT2D eigenvalue weighted by molar-refractivity contribution is 0.235. The molecule has 0 saturated heterocycles. The second-order valence-corrected chi connectivity index (χ2v) is 5.20. The van der Waals surface area contributed by atoms with Crippen LogP contribution in [-0.4, -0.2) is 30.0 Å². The summed E-state index contributed by atoms with van der Waals surface area (Å²) in [6.07, 6.45) is 5.87. The molecule has 2 unspecified atom stereocenters. The van der Waals surface area contributed by atoms with E-state index >= 15 is 0 Å². The van der Waals surface area contributed by atoms with E-state index in [1.165, 1.54) is 19.3 Å². The Labute approximate surface area is 104 Å². The molecule has 1 saturated carbocycles. The Morgan fingerprint density at radius 1 is 1.35 bits per heavy atom. The Bertz CT molecular complexity index is 325. The summed E-state index contributed by atoms with van der Waals surface area (Å²) < 4.78 is 0. The third-order valence-electron chi connectivity index (χ3n) is 3.82. The van der Waals surface area contributed by atoms with Gasteiger partial charge in [0.1, 0.15) is 0 Å². The molecular weight excluding hydrogens is 210 g/mol. The summed E-state index contributed by atoms with van der Waals surface area (Å²) in [5.74, 6) is 1.52. The Morgan fingerprint density at radius 3 is 2.88 bits per heavy atom. The van der Waals surface area contributed by atoms with Crippen LogP contribution in [0.15, 0.2) is 24.4 Å². The molecule has 0 spiro atoms. The second kappa shape index (κ2) is 6.12. The van der Waals surface area contributed by atoms with Gasteiger partial charge >= 0.3 is 0 Å². The molecule has 0 aliphatic heterocycles. The van der Waals surface area contributed by atoms with Crippen molar-refractivity contribution >= 4 is 0 Å². The van der Waals surface area contributed by atoms with Gasteiger partial charge in [-0.2, -0.15) is 0 Å². The molecule has 0 amide bonds. The molecule has 94 valence electrons. The molecule has 2 rings (SSSR count). The average molecular weight is 233 g/mol. The number of hydrogen-bond donors (Lipinski definition) is 1. The minimum Gasteiger partial charge on any atom is -0.330 e. The minimum absolute atomic E-state index is 0.737. The minimum atomic E-state index is 0.737. The molecule has 0 aromatic carbocycles. The third-order valence-corrected chi connectivity index (χ3v) is 3.82. The van der Waals surface area contributed by atoms with Crippen molar-refractivity contribution in [3.8, 4) is 0 Å². The van der Waals surface area contributed by atoms with Gasteiger partial charge in [-0.25, -0.2) is 0 Å². The van der Waals surface area contributed by atoms with Crippen molar-refractivity contribution in [3.63, 3.8) is 0 Å². The van der Waals surface area contributed by atoms with Gasteiger partial charge in [0.25, 0.3) is 0 Å². The number of nitrogens with zero attached hydrogens (tertiary/aromatic N) is 2. The van der Waals surface area contributed by atoms with Gasteiger partial charge in [-0.3, -0.25) is 4.98 Å². The average Bonchev–Trinajstić information content (AvgIpc) is 2.77. The van der Waals surface area contributed by atoms with E-state index in [-0.39, 0.29) is 0 Å². The van der Waals surface area contributed by atoms with Crippen molar-refractivity contribution in [1.29, 1.82) is 0 Å². The van der Waals surface area contributed by atoms with Crippen LogP contribution in [0.5, 0.6) is 0 Å². The van der Waals surface area contributed by atoms with Crippen molar-refractivity contribution < 1.29 is 0 Å². The maximum absolute atomic E-state index is 5.82. The lowest BCUT2D eigenvalue weighted by Gasteiger charge is -2.24. The summed E-state index contributed by atoms with van der Waals surface area (Å²) in [5, 5.41) is 0. The third kappa shape index (κ3) is 3.51. The van der Waals surface area contributed by atoms with E-state index in [0.717, 1.165) is 37.2 Å². The highest BCUT2D eigenvalue weighted by atomic mass is 15.1. The van der Waals surface area contributed by atoms with Gasteiger partial charge in [0.2, 0.25) is 0 Å². The van der Waals surface area contributed by atoms with E-state index < -0.39 is 0 Å². The molecule has 1 aromatic heterocycles. The Hall–Kier alpha value is -0.930. The van der Waals surface area contributed by atoms with Crippen LogP contribution in [0.2, 0.25) is 0 Å². The van der Waals surface area contributed by atoms with Crippen molar-refractivity contribution in [1.82, 2.24) is 9.88 Å². The topological polar surface area (TPSA) is 42.2 Å². The second-order valence-electron chi connectivity index (χ2n) is 5.20. The van der Waals surface area contributed by atoms with E-state index in [1.807, 2.05) is 12.3 Å². The van der Waals surface area contributed by atoms with Gasteiger partial charge in [0.15, 0.2) is 0 Å². The van der Waals surface area contributed by atoms with Gasteiger partial charge in [-0.15, -0.1) is 0 Å². The fraction of sp³-hybridized carbons (Fsp3) is 0.643. The van der Waals surface area contributed by atoms with Crippen LogP contribution in [0.4, 0.5) is 0 Å². The highest BCUT2D eigenvalue weighted by Crippen LogP contribution is 2.31. The van der Waals surface area contributed by atoms with E-state index in [2.05, 4.69) is 29.1 Å². The summed E-state index contributed by atoms with van der Waals surface area (Å²) in [7, 11) is 2.18. The molecule has 1 aromatic rings. The highest BCUT2D eigenvalue weighted by molar-refractivity contribution is 5.03. The zero-order chi connectivity index (χ0) is 12.1. The van der Waals surface area contributed by atoms with Crippen LogP contribution in [0.3, 0.4) is 0 Å². The highest BCUT2D eigenvalue weighted by Gasteiger charge is 2.26. The first-order valence-electron chi connectivity index (χ1n) is 6.58. The van der Waals surface area contributed by atoms with E-state index in [4.69, 9.17) is 5.73 Å². The molecule has 17 heavy (non-hydrogen) atoms. The molecule has 1 heterocycles. The summed E-state index contributed by atoms with van der Waals surface area (Å²) in [6, 6.07) is 6.10. The number of aromatic nitrogens is 1. The maximum atomic E-state index is 5.82. The molecule has 1 aliphatic carbocycles. The fourth-order valence-corrected chi connectivity index (χ4v) is 2.90. The lowest BCUT2D eigenvalue weighted by Crippen LogP contribution is -2.30. The van der Waals surface area contributed by atoms with Crippen LogP contribution in [0, 0.1) is 11.8 Å². The summed E-state index contributed by atoms with van der Waals surface area (Å²) in [4.78, 5) is 6.74. The maximum Gasteiger partial charge on any atom is 0.0543 e. The summed E-state index contributed by atoms with van der Waals surface area (Å²) in [6.45, 7) is 2.94. The van der Waals surface area contributed by atoms with Gasteiger partial charge in [0.05, 0.1) is 5.69 Å². The summed E-state index contributed by atoms with van der Waals surface area (Å²) in [5.41, 5.74) is 6.97. The van der Waals surface area contributed by atoms with Gasteiger partial charge in [-0.1, -0.05) is 12.5 Å². The van der Waals surface area contributed by atoms with E-state index in [9.17, 15) is 0 Å². The van der Waals surface area contributed by atoms with Crippen LogP contribution in [0.25, 0.3) is 0 Å². The molecule has 2 atom stereocenters. The van der Waals surface area contributed by atoms with Crippen LogP contribution < -0.4 is 5.73 Å². The molecule has 0 bridgehead atoms. The van der Waals surface area contributed by atoms with Gasteiger partial charge < -0.3 is 10.6 Å². The number of pyridine rings is 1. The van der Waals surface area contributed by atoms with Gasteiger partial charge in [-0.05, 0) is 50.4 Å². The monoisotopic (exact) mass is 233 g/mol. The molecule has 3 nitrogen and oxygen atoms in total. The fourth-order valence-electron chi connectivity index (χ4n) is 2.90. The van der Waals surface area contributed by atoms with Gasteiger partial charge in [0, 0.05) is 19.3 Å². The first-order chi connectivity index (χ1) is 8.29. The first-order valence-corrected chi connectivity index (χ1v) is 6.58. The summed E-state index contributed by atoms with van der Waals surface area (Å²) >= 11 is 0. The van der Waals surface area contributed by atoms with Crippen LogP contribution in [0.1, 0.15) is 25.0 Å². The van der Waals surface area contributed by atoms with Crippen molar-refractivity contribution in [2.75, 3.05) is 20.1 Å². The molecule has 0 radical (unpaired) electrons. The van der Waals surface area contributed by atoms with Crippen LogP contribution in [-0.2, 0) is 6.54 Å². The predicted octanol–water partition coefficient (Wildman–Crippen LogP) is 1.89. The van der Waals surface area contributed by atoms with E-state index in [0.29, 0.717) is 0 Å². The zero-order valence-electron chi connectivity index (χ0n) is 10.7. The largest absolute Gasteiger partial charge is 0.330 e. The lowest BCUT2D eigenvalue weighted by atomic mass is 9.96. The number of hydrogen-bond acceptors (Lipinski definition) is 3. The zero-order valence-corrected chi connectivity index (χ0v) is 10.7. The number of rotatable bonds is 5. The first kappa shape index (κ1) is 12.5. The van der Waals surface area contributed by atoms with Crippen molar-refractivity contribution in [3.05, 3.63) is 30.1 Å². The molecule has 2 N–H and O–H groups in total. The van der Waals surface area contributed by atoms with E-state index in [1.54, 1.807) is 0 Å². The van der Waals surface area contributed by atoms with Crippen molar-refractivity contribution in [2.24, 2.45) is 17.6 Å². The Kier molecular flexibility index (Phi) is 4.51. The quantitative estimate of drug-likeness (QED) is 0.844. The standard InChI is InChI=1S/C14H23N3/c1-17(11-14-7-2-3-8-16-14)10-13-6-4-5-12(13)9-15/h2-3,7-8,12-13H,4-6,9-11,15H2,1H3. The Balaban J connectivity index is 1.83. The van der Waals surface area contributed by atoms with Crippen LogP contribution >= 0.6 is 0 Å². The molecule has 1 fully saturated rings. The van der Waals surface area contributed by atoms with Crippen molar-refractivity contribution in [2.45, 2.75) is 25.8 Å². The Morgan fingerprint density at radius 2 is 2.18 bits per heavy atom. The smallest absolute Gasteiger partial charge is 0.0543 e.